The molecule has 0 radical (unpaired) electrons. The van der Waals surface area contributed by atoms with Crippen LogP contribution < -0.4 is 0 Å². The number of sulfonamides is 1. The van der Waals surface area contributed by atoms with Gasteiger partial charge in [-0.1, -0.05) is 12.1 Å². The molecule has 144 valence electrons. The second-order valence-electron chi connectivity index (χ2n) is 8.11. The number of fused-ring (bicyclic) bond motifs is 1. The Bertz CT molecular complexity index is 980. The van der Waals surface area contributed by atoms with Gasteiger partial charge in [0.25, 0.3) is 10.0 Å². The monoisotopic (exact) mass is 387 g/mol. The molecule has 8 heteroatoms. The average molecular weight is 388 g/mol. The Labute approximate surface area is 160 Å². The molecule has 0 bridgehead atoms. The van der Waals surface area contributed by atoms with E-state index in [0.29, 0.717) is 10.7 Å². The second kappa shape index (κ2) is 6.45. The van der Waals surface area contributed by atoms with Crippen LogP contribution in [0.5, 0.6) is 0 Å². The topological polar surface area (TPSA) is 70.8 Å². The summed E-state index contributed by atoms with van der Waals surface area (Å²) in [6, 6.07) is 7.07. The van der Waals surface area contributed by atoms with Crippen LogP contribution >= 0.6 is 0 Å². The first kappa shape index (κ1) is 18.2. The van der Waals surface area contributed by atoms with Crippen LogP contribution in [-0.4, -0.2) is 60.0 Å². The van der Waals surface area contributed by atoms with Crippen LogP contribution in [0.3, 0.4) is 0 Å². The fourth-order valence-corrected chi connectivity index (χ4v) is 4.73. The van der Waals surface area contributed by atoms with E-state index < -0.39 is 10.0 Å². The molecule has 4 rings (SSSR count). The van der Waals surface area contributed by atoms with Gasteiger partial charge in [0.1, 0.15) is 4.90 Å². The molecule has 1 aromatic carbocycles. The van der Waals surface area contributed by atoms with Crippen molar-refractivity contribution in [3.8, 4) is 0 Å². The summed E-state index contributed by atoms with van der Waals surface area (Å²) in [5, 5.41) is 4.47. The molecule has 3 heterocycles. The first-order valence-electron chi connectivity index (χ1n) is 9.20. The predicted octanol–water partition coefficient (Wildman–Crippen LogP) is 1.90. The van der Waals surface area contributed by atoms with Crippen LogP contribution in [0.15, 0.2) is 46.0 Å². The number of hydrogen-bond donors (Lipinski definition) is 0. The van der Waals surface area contributed by atoms with Crippen LogP contribution in [0.2, 0.25) is 0 Å². The number of piperazine rings is 1. The standard InChI is InChI=1S/C19H25N5O2S/c1-19(2,3)24-14-15(12-20-24)13-22-8-10-23(11-9-22)18-16-6-4-5-7-17(16)27(25,26)21-18/h4-7,12,14H,8-11,13H2,1-3H3. The maximum Gasteiger partial charge on any atom is 0.285 e. The molecule has 1 aromatic heterocycles. The maximum absolute atomic E-state index is 12.3. The van der Waals surface area contributed by atoms with Gasteiger partial charge in [0.15, 0.2) is 5.84 Å². The van der Waals surface area contributed by atoms with E-state index in [4.69, 9.17) is 0 Å². The lowest BCUT2D eigenvalue weighted by Crippen LogP contribution is -2.48. The molecule has 0 N–H and O–H groups in total. The number of amidine groups is 1. The summed E-state index contributed by atoms with van der Waals surface area (Å²) in [7, 11) is -3.56. The molecular formula is C19H25N5O2S. The molecule has 1 saturated heterocycles. The van der Waals surface area contributed by atoms with Gasteiger partial charge in [-0.3, -0.25) is 9.58 Å². The molecule has 0 saturated carbocycles. The molecule has 2 aromatic rings. The summed E-state index contributed by atoms with van der Waals surface area (Å²) in [5.74, 6) is 0.589. The lowest BCUT2D eigenvalue weighted by atomic mass is 10.1. The number of benzene rings is 1. The molecule has 2 aliphatic rings. The zero-order valence-corrected chi connectivity index (χ0v) is 16.8. The van der Waals surface area contributed by atoms with Gasteiger partial charge >= 0.3 is 0 Å². The smallest absolute Gasteiger partial charge is 0.285 e. The minimum absolute atomic E-state index is 0.0174. The highest BCUT2D eigenvalue weighted by Crippen LogP contribution is 2.28. The van der Waals surface area contributed by atoms with Gasteiger partial charge < -0.3 is 4.90 Å². The van der Waals surface area contributed by atoms with Crippen molar-refractivity contribution in [2.24, 2.45) is 4.40 Å². The summed E-state index contributed by atoms with van der Waals surface area (Å²) < 4.78 is 30.6. The summed E-state index contributed by atoms with van der Waals surface area (Å²) in [5.41, 5.74) is 1.90. The zero-order valence-electron chi connectivity index (χ0n) is 16.0. The minimum Gasteiger partial charge on any atom is -0.353 e. The highest BCUT2D eigenvalue weighted by atomic mass is 32.2. The van der Waals surface area contributed by atoms with E-state index in [9.17, 15) is 8.42 Å². The van der Waals surface area contributed by atoms with Gasteiger partial charge in [-0.05, 0) is 32.9 Å². The Kier molecular flexibility index (Phi) is 4.35. The molecule has 2 aliphatic heterocycles. The van der Waals surface area contributed by atoms with E-state index in [1.54, 1.807) is 12.1 Å². The van der Waals surface area contributed by atoms with Gasteiger partial charge in [-0.2, -0.15) is 13.5 Å². The molecule has 0 spiro atoms. The van der Waals surface area contributed by atoms with E-state index in [1.165, 1.54) is 5.56 Å². The van der Waals surface area contributed by atoms with Gasteiger partial charge in [0, 0.05) is 50.0 Å². The number of aromatic nitrogens is 2. The van der Waals surface area contributed by atoms with Gasteiger partial charge in [-0.25, -0.2) is 0 Å². The lowest BCUT2D eigenvalue weighted by molar-refractivity contribution is 0.176. The highest BCUT2D eigenvalue weighted by Gasteiger charge is 2.32. The van der Waals surface area contributed by atoms with Crippen LogP contribution in [0.4, 0.5) is 0 Å². The van der Waals surface area contributed by atoms with Gasteiger partial charge in [-0.15, -0.1) is 4.40 Å². The second-order valence-corrected chi connectivity index (χ2v) is 9.69. The van der Waals surface area contributed by atoms with Crippen molar-refractivity contribution in [3.63, 3.8) is 0 Å². The third-order valence-electron chi connectivity index (χ3n) is 5.01. The van der Waals surface area contributed by atoms with Crippen LogP contribution in [-0.2, 0) is 22.1 Å². The molecule has 7 nitrogen and oxygen atoms in total. The minimum atomic E-state index is -3.56. The van der Waals surface area contributed by atoms with E-state index in [2.05, 4.69) is 46.3 Å². The first-order chi connectivity index (χ1) is 12.7. The average Bonchev–Trinajstić information content (AvgIpc) is 3.19. The largest absolute Gasteiger partial charge is 0.353 e. The van der Waals surface area contributed by atoms with E-state index in [-0.39, 0.29) is 5.54 Å². The SMILES string of the molecule is CC(C)(C)n1cc(CN2CCN(C3=NS(=O)(=O)c4ccccc43)CC2)cn1. The van der Waals surface area contributed by atoms with E-state index >= 15 is 0 Å². The summed E-state index contributed by atoms with van der Waals surface area (Å²) >= 11 is 0. The Morgan fingerprint density at radius 2 is 1.78 bits per heavy atom. The summed E-state index contributed by atoms with van der Waals surface area (Å²) in [6.07, 6.45) is 4.04. The normalized spacial score (nSPS) is 19.8. The van der Waals surface area contributed by atoms with Crippen molar-refractivity contribution in [2.75, 3.05) is 26.2 Å². The fourth-order valence-electron chi connectivity index (χ4n) is 3.50. The predicted molar refractivity (Wildman–Crippen MR) is 104 cm³/mol. The number of nitrogens with zero attached hydrogens (tertiary/aromatic N) is 5. The van der Waals surface area contributed by atoms with Gasteiger partial charge in [0.05, 0.1) is 11.7 Å². The van der Waals surface area contributed by atoms with Crippen LogP contribution in [0.1, 0.15) is 31.9 Å². The number of hydrogen-bond acceptors (Lipinski definition) is 5. The molecule has 0 unspecified atom stereocenters. The number of rotatable bonds is 2. The maximum atomic E-state index is 12.3. The molecule has 0 aliphatic carbocycles. The zero-order chi connectivity index (χ0) is 19.2. The Balaban J connectivity index is 1.42. The summed E-state index contributed by atoms with van der Waals surface area (Å²) in [4.78, 5) is 4.77. The van der Waals surface area contributed by atoms with Crippen molar-refractivity contribution in [3.05, 3.63) is 47.8 Å². The Morgan fingerprint density at radius 1 is 1.07 bits per heavy atom. The molecule has 0 atom stereocenters. The molecular weight excluding hydrogens is 362 g/mol. The molecule has 1 fully saturated rings. The van der Waals surface area contributed by atoms with Gasteiger partial charge in [0.2, 0.25) is 0 Å². The third-order valence-corrected chi connectivity index (χ3v) is 6.34. The first-order valence-corrected chi connectivity index (χ1v) is 10.6. The van der Waals surface area contributed by atoms with Crippen molar-refractivity contribution >= 4 is 15.9 Å². The van der Waals surface area contributed by atoms with E-state index in [0.717, 1.165) is 38.3 Å². The van der Waals surface area contributed by atoms with Crippen LogP contribution in [0.25, 0.3) is 0 Å². The Hall–Kier alpha value is -2.19. The fraction of sp³-hybridized carbons (Fsp3) is 0.474. The molecule has 27 heavy (non-hydrogen) atoms. The lowest BCUT2D eigenvalue weighted by Gasteiger charge is -2.35. The van der Waals surface area contributed by atoms with Crippen molar-refractivity contribution in [1.29, 1.82) is 0 Å². The molecule has 0 amide bonds. The van der Waals surface area contributed by atoms with Crippen molar-refractivity contribution < 1.29 is 8.42 Å². The third kappa shape index (κ3) is 3.51. The summed E-state index contributed by atoms with van der Waals surface area (Å²) in [6.45, 7) is 10.5. The van der Waals surface area contributed by atoms with E-state index in [1.807, 2.05) is 23.0 Å². The van der Waals surface area contributed by atoms with Crippen LogP contribution in [0, 0.1) is 0 Å². The Morgan fingerprint density at radius 3 is 2.44 bits per heavy atom. The van der Waals surface area contributed by atoms with Crippen molar-refractivity contribution in [2.45, 2.75) is 37.8 Å². The van der Waals surface area contributed by atoms with Crippen molar-refractivity contribution in [1.82, 2.24) is 19.6 Å². The quantitative estimate of drug-likeness (QED) is 0.787. The highest BCUT2D eigenvalue weighted by molar-refractivity contribution is 7.90.